The quantitative estimate of drug-likeness (QED) is 0.159. The molecule has 1 nitrogen and oxygen atoms in total. The summed E-state index contributed by atoms with van der Waals surface area (Å²) >= 11 is 0. The van der Waals surface area contributed by atoms with Crippen molar-refractivity contribution in [3.8, 4) is 33.4 Å². The van der Waals surface area contributed by atoms with Crippen LogP contribution in [0.2, 0.25) is 0 Å². The Hall–Kier alpha value is -6.96. The Morgan fingerprint density at radius 1 is 0.264 bits per heavy atom. The maximum atomic E-state index is 2.39. The van der Waals surface area contributed by atoms with E-state index in [1.165, 1.54) is 76.5 Å². The summed E-state index contributed by atoms with van der Waals surface area (Å²) in [5.41, 5.74) is 10.5. The van der Waals surface area contributed by atoms with Crippen LogP contribution in [0.25, 0.3) is 76.5 Å². The maximum absolute atomic E-state index is 2.39. The molecule has 53 heavy (non-hydrogen) atoms. The monoisotopic (exact) mass is 673 g/mol. The topological polar surface area (TPSA) is 3.24 Å². The molecule has 0 saturated heterocycles. The molecule has 0 atom stereocenters. The zero-order valence-electron chi connectivity index (χ0n) is 29.2. The number of hydrogen-bond acceptors (Lipinski definition) is 1. The van der Waals surface area contributed by atoms with Crippen molar-refractivity contribution >= 4 is 60.2 Å². The van der Waals surface area contributed by atoms with Gasteiger partial charge in [0.05, 0.1) is 5.69 Å². The molecule has 0 saturated carbocycles. The molecule has 0 amide bonds. The predicted molar refractivity (Wildman–Crippen MR) is 227 cm³/mol. The van der Waals surface area contributed by atoms with Gasteiger partial charge >= 0.3 is 0 Å². The fraction of sp³-hybridized carbons (Fsp3) is 0. The van der Waals surface area contributed by atoms with Gasteiger partial charge in [-0.05, 0) is 113 Å². The molecular weight excluding hydrogens is 639 g/mol. The number of fused-ring (bicyclic) bond motifs is 6. The Balaban J connectivity index is 1.08. The molecule has 0 radical (unpaired) electrons. The summed E-state index contributed by atoms with van der Waals surface area (Å²) in [6.45, 7) is 0. The minimum atomic E-state index is 1.10. The van der Waals surface area contributed by atoms with Gasteiger partial charge in [-0.1, -0.05) is 170 Å². The largest absolute Gasteiger partial charge is 0.310 e. The smallest absolute Gasteiger partial charge is 0.0540 e. The first-order valence-electron chi connectivity index (χ1n) is 18.3. The zero-order valence-corrected chi connectivity index (χ0v) is 29.2. The van der Waals surface area contributed by atoms with Crippen molar-refractivity contribution in [2.24, 2.45) is 0 Å². The summed E-state index contributed by atoms with van der Waals surface area (Å²) in [4.78, 5) is 2.39. The van der Waals surface area contributed by atoms with Gasteiger partial charge in [0.25, 0.3) is 0 Å². The van der Waals surface area contributed by atoms with Gasteiger partial charge in [-0.25, -0.2) is 0 Å². The molecule has 0 spiro atoms. The highest BCUT2D eigenvalue weighted by atomic mass is 15.1. The predicted octanol–water partition coefficient (Wildman–Crippen LogP) is 14.8. The van der Waals surface area contributed by atoms with Gasteiger partial charge in [0, 0.05) is 16.9 Å². The molecule has 0 heterocycles. The third-order valence-electron chi connectivity index (χ3n) is 10.6. The van der Waals surface area contributed by atoms with Gasteiger partial charge in [-0.2, -0.15) is 0 Å². The molecule has 0 fully saturated rings. The Kier molecular flexibility index (Phi) is 7.55. The first-order valence-corrected chi connectivity index (χ1v) is 18.3. The van der Waals surface area contributed by atoms with E-state index >= 15 is 0 Å². The van der Waals surface area contributed by atoms with Crippen LogP contribution in [-0.4, -0.2) is 0 Å². The number of hydrogen-bond donors (Lipinski definition) is 0. The maximum Gasteiger partial charge on any atom is 0.0540 e. The number of anilines is 3. The molecule has 0 unspecified atom stereocenters. The van der Waals surface area contributed by atoms with Crippen LogP contribution in [0.15, 0.2) is 212 Å². The second-order valence-electron chi connectivity index (χ2n) is 13.8. The number of benzene rings is 10. The lowest BCUT2D eigenvalue weighted by Gasteiger charge is -2.28. The molecule has 0 aromatic heterocycles. The number of rotatable bonds is 6. The normalized spacial score (nSPS) is 11.4. The van der Waals surface area contributed by atoms with Crippen LogP contribution in [0.5, 0.6) is 0 Å². The highest BCUT2D eigenvalue weighted by molar-refractivity contribution is 6.20. The second-order valence-corrected chi connectivity index (χ2v) is 13.8. The standard InChI is InChI=1S/C52H35N/c1-2-11-39(12-3-1)48-15-8-9-17-51(48)53(46-30-26-37(27-31-46)44-24-18-36-10-4-5-14-43(36)34-44)47-32-28-38(29-33-47)45-25-21-41-20-23-42-22-19-40-13-6-7-16-49(40)52(42)50(41)35-45/h1-35H. The van der Waals surface area contributed by atoms with Crippen molar-refractivity contribution in [1.82, 2.24) is 0 Å². The van der Waals surface area contributed by atoms with E-state index in [0.717, 1.165) is 17.1 Å². The van der Waals surface area contributed by atoms with Crippen LogP contribution in [0.4, 0.5) is 17.1 Å². The first kappa shape index (κ1) is 30.8. The molecule has 1 heteroatoms. The van der Waals surface area contributed by atoms with Crippen LogP contribution in [0, 0.1) is 0 Å². The molecule has 248 valence electrons. The summed E-state index contributed by atoms with van der Waals surface area (Å²) in [5.74, 6) is 0. The summed E-state index contributed by atoms with van der Waals surface area (Å²) in [5, 5.41) is 10.2. The average Bonchev–Trinajstić information content (AvgIpc) is 3.24. The average molecular weight is 674 g/mol. The summed E-state index contributed by atoms with van der Waals surface area (Å²) in [7, 11) is 0. The summed E-state index contributed by atoms with van der Waals surface area (Å²) < 4.78 is 0. The fourth-order valence-electron chi connectivity index (χ4n) is 7.94. The van der Waals surface area contributed by atoms with E-state index in [9.17, 15) is 0 Å². The lowest BCUT2D eigenvalue weighted by Crippen LogP contribution is -2.11. The van der Waals surface area contributed by atoms with Crippen LogP contribution in [0.3, 0.4) is 0 Å². The molecule has 0 N–H and O–H groups in total. The molecule has 10 aromatic rings. The molecule has 10 aromatic carbocycles. The Morgan fingerprint density at radius 3 is 1.47 bits per heavy atom. The van der Waals surface area contributed by atoms with Crippen molar-refractivity contribution in [2.45, 2.75) is 0 Å². The van der Waals surface area contributed by atoms with Crippen LogP contribution >= 0.6 is 0 Å². The van der Waals surface area contributed by atoms with E-state index in [1.807, 2.05) is 0 Å². The first-order chi connectivity index (χ1) is 26.3. The number of para-hydroxylation sites is 1. The highest BCUT2D eigenvalue weighted by Crippen LogP contribution is 2.42. The van der Waals surface area contributed by atoms with Gasteiger partial charge in [0.1, 0.15) is 0 Å². The summed E-state index contributed by atoms with van der Waals surface area (Å²) in [6.07, 6.45) is 0. The van der Waals surface area contributed by atoms with Gasteiger partial charge in [0.15, 0.2) is 0 Å². The lowest BCUT2D eigenvalue weighted by atomic mass is 9.94. The van der Waals surface area contributed by atoms with Gasteiger partial charge < -0.3 is 4.90 Å². The van der Waals surface area contributed by atoms with Crippen molar-refractivity contribution in [1.29, 1.82) is 0 Å². The summed E-state index contributed by atoms with van der Waals surface area (Å²) in [6, 6.07) is 77.2. The minimum Gasteiger partial charge on any atom is -0.310 e. The Morgan fingerprint density at radius 2 is 0.755 bits per heavy atom. The van der Waals surface area contributed by atoms with Crippen molar-refractivity contribution in [3.63, 3.8) is 0 Å². The third kappa shape index (κ3) is 5.60. The third-order valence-corrected chi connectivity index (χ3v) is 10.6. The second kappa shape index (κ2) is 13.0. The van der Waals surface area contributed by atoms with Crippen molar-refractivity contribution < 1.29 is 0 Å². The van der Waals surface area contributed by atoms with E-state index in [2.05, 4.69) is 217 Å². The van der Waals surface area contributed by atoms with E-state index in [-0.39, 0.29) is 0 Å². The minimum absolute atomic E-state index is 1.10. The van der Waals surface area contributed by atoms with E-state index in [4.69, 9.17) is 0 Å². The fourth-order valence-corrected chi connectivity index (χ4v) is 7.94. The van der Waals surface area contributed by atoms with Crippen molar-refractivity contribution in [3.05, 3.63) is 212 Å². The SMILES string of the molecule is c1ccc(-c2ccccc2N(c2ccc(-c3ccc4ccccc4c3)cc2)c2ccc(-c3ccc4ccc5ccc6ccccc6c5c4c3)cc2)cc1. The van der Waals surface area contributed by atoms with E-state index in [1.54, 1.807) is 0 Å². The molecular formula is C52H35N. The molecule has 0 bridgehead atoms. The number of nitrogens with zero attached hydrogens (tertiary/aromatic N) is 1. The van der Waals surface area contributed by atoms with Crippen LogP contribution in [0.1, 0.15) is 0 Å². The van der Waals surface area contributed by atoms with Gasteiger partial charge in [-0.15, -0.1) is 0 Å². The Bertz CT molecular complexity index is 2920. The highest BCUT2D eigenvalue weighted by Gasteiger charge is 2.18. The van der Waals surface area contributed by atoms with Crippen molar-refractivity contribution in [2.75, 3.05) is 4.90 Å². The zero-order chi connectivity index (χ0) is 35.1. The van der Waals surface area contributed by atoms with Gasteiger partial charge in [0.2, 0.25) is 0 Å². The molecule has 0 aliphatic carbocycles. The van der Waals surface area contributed by atoms with Gasteiger partial charge in [-0.3, -0.25) is 0 Å². The van der Waals surface area contributed by atoms with Crippen LogP contribution in [-0.2, 0) is 0 Å². The van der Waals surface area contributed by atoms with Crippen LogP contribution < -0.4 is 4.90 Å². The molecule has 0 aliphatic rings. The lowest BCUT2D eigenvalue weighted by molar-refractivity contribution is 1.28. The van der Waals surface area contributed by atoms with E-state index < -0.39 is 0 Å². The van der Waals surface area contributed by atoms with E-state index in [0.29, 0.717) is 0 Å². The Labute approximate surface area is 309 Å². The molecule has 10 rings (SSSR count). The molecule has 0 aliphatic heterocycles.